The summed E-state index contributed by atoms with van der Waals surface area (Å²) in [6, 6.07) is 8.86. The van der Waals surface area contributed by atoms with Crippen molar-refractivity contribution in [3.8, 4) is 5.88 Å². The molecule has 0 saturated carbocycles. The lowest BCUT2D eigenvalue weighted by Crippen LogP contribution is -2.01. The van der Waals surface area contributed by atoms with Crippen molar-refractivity contribution in [2.45, 2.75) is 12.2 Å². The molecule has 5 nitrogen and oxygen atoms in total. The van der Waals surface area contributed by atoms with Gasteiger partial charge in [-0.2, -0.15) is 22.1 Å². The molecule has 1 aromatic carbocycles. The third-order valence-corrected chi connectivity index (χ3v) is 3.70. The molecule has 0 fully saturated rings. The number of aromatic nitrogens is 4. The molecule has 2 heterocycles. The van der Waals surface area contributed by atoms with Crippen LogP contribution < -0.4 is 0 Å². The zero-order valence-corrected chi connectivity index (χ0v) is 12.2. The van der Waals surface area contributed by atoms with E-state index in [4.69, 9.17) is 11.6 Å². The molecule has 102 valence electrons. The largest absolute Gasteiger partial charge is 0.493 e. The Hall–Kier alpha value is -1.79. The van der Waals surface area contributed by atoms with E-state index in [2.05, 4.69) is 27.7 Å². The number of halogens is 1. The minimum Gasteiger partial charge on any atom is -0.493 e. The molecule has 0 aliphatic rings. The lowest BCUT2D eigenvalue weighted by Gasteiger charge is -2.11. The fourth-order valence-corrected chi connectivity index (χ4v) is 2.36. The van der Waals surface area contributed by atoms with Crippen LogP contribution in [-0.2, 0) is 0 Å². The maximum absolute atomic E-state index is 9.97. The summed E-state index contributed by atoms with van der Waals surface area (Å²) in [6.07, 6.45) is 0. The summed E-state index contributed by atoms with van der Waals surface area (Å²) >= 11 is 10.4. The smallest absolute Gasteiger partial charge is 0.255 e. The van der Waals surface area contributed by atoms with Gasteiger partial charge in [-0.05, 0) is 24.6 Å². The SMILES string of the molecule is Cc1nc2nc(C(S)c3ccc(Cl)cc3)cc(O)n2n1. The standard InChI is InChI=1S/C13H11ClN4OS/c1-7-15-13-16-10(6-11(19)18(13)17-7)12(20)8-2-4-9(14)5-3-8/h2-6,12,19-20H,1H3. The molecule has 0 radical (unpaired) electrons. The minimum absolute atomic E-state index is 0.0152. The van der Waals surface area contributed by atoms with Gasteiger partial charge in [-0.25, -0.2) is 4.98 Å². The predicted octanol–water partition coefficient (Wildman–Crippen LogP) is 2.81. The molecule has 0 saturated heterocycles. The van der Waals surface area contributed by atoms with Crippen molar-refractivity contribution in [1.82, 2.24) is 19.6 Å². The van der Waals surface area contributed by atoms with E-state index >= 15 is 0 Å². The molecule has 3 rings (SSSR count). The van der Waals surface area contributed by atoms with Gasteiger partial charge in [0.1, 0.15) is 5.82 Å². The number of nitrogens with zero attached hydrogens (tertiary/aromatic N) is 4. The summed E-state index contributed by atoms with van der Waals surface area (Å²) in [6.45, 7) is 1.74. The molecular weight excluding hydrogens is 296 g/mol. The second-order valence-corrected chi connectivity index (χ2v) is 5.32. The molecule has 0 bridgehead atoms. The van der Waals surface area contributed by atoms with E-state index in [1.807, 2.05) is 12.1 Å². The van der Waals surface area contributed by atoms with E-state index < -0.39 is 0 Å². The summed E-state index contributed by atoms with van der Waals surface area (Å²) < 4.78 is 1.29. The molecule has 1 atom stereocenters. The van der Waals surface area contributed by atoms with Gasteiger partial charge in [-0.1, -0.05) is 23.7 Å². The highest BCUT2D eigenvalue weighted by Crippen LogP contribution is 2.29. The van der Waals surface area contributed by atoms with Gasteiger partial charge in [0.25, 0.3) is 5.78 Å². The van der Waals surface area contributed by atoms with Gasteiger partial charge in [-0.15, -0.1) is 5.10 Å². The van der Waals surface area contributed by atoms with Crippen LogP contribution in [0.3, 0.4) is 0 Å². The Bertz CT molecular complexity index is 772. The van der Waals surface area contributed by atoms with Gasteiger partial charge in [0, 0.05) is 11.1 Å². The molecule has 7 heteroatoms. The molecule has 3 aromatic rings. The van der Waals surface area contributed by atoms with Crippen molar-refractivity contribution in [3.05, 3.63) is 52.4 Å². The van der Waals surface area contributed by atoms with Crippen LogP contribution in [0.1, 0.15) is 22.3 Å². The summed E-state index contributed by atoms with van der Waals surface area (Å²) in [5.41, 5.74) is 1.54. The Morgan fingerprint density at radius 2 is 1.95 bits per heavy atom. The van der Waals surface area contributed by atoms with Crippen LogP contribution >= 0.6 is 24.2 Å². The second kappa shape index (κ2) is 4.96. The highest BCUT2D eigenvalue weighted by molar-refractivity contribution is 7.80. The van der Waals surface area contributed by atoms with Crippen molar-refractivity contribution in [3.63, 3.8) is 0 Å². The van der Waals surface area contributed by atoms with E-state index in [1.165, 1.54) is 10.6 Å². The van der Waals surface area contributed by atoms with Gasteiger partial charge in [0.15, 0.2) is 0 Å². The number of aryl methyl sites for hydroxylation is 1. The Morgan fingerprint density at radius 3 is 2.65 bits per heavy atom. The van der Waals surface area contributed by atoms with E-state index in [0.717, 1.165) is 5.56 Å². The monoisotopic (exact) mass is 306 g/mol. The first-order chi connectivity index (χ1) is 9.54. The van der Waals surface area contributed by atoms with Crippen LogP contribution in [0.4, 0.5) is 0 Å². The van der Waals surface area contributed by atoms with Crippen LogP contribution in [0.25, 0.3) is 5.78 Å². The Balaban J connectivity index is 2.07. The first-order valence-electron chi connectivity index (χ1n) is 5.91. The average Bonchev–Trinajstić information content (AvgIpc) is 2.80. The molecule has 1 unspecified atom stereocenters. The number of thiol groups is 1. The quantitative estimate of drug-likeness (QED) is 0.715. The normalized spacial score (nSPS) is 12.8. The zero-order chi connectivity index (χ0) is 14.3. The highest BCUT2D eigenvalue weighted by atomic mass is 35.5. The third-order valence-electron chi connectivity index (χ3n) is 2.88. The van der Waals surface area contributed by atoms with Crippen LogP contribution in [0, 0.1) is 6.92 Å². The Morgan fingerprint density at radius 1 is 1.25 bits per heavy atom. The van der Waals surface area contributed by atoms with Crippen LogP contribution in [-0.4, -0.2) is 24.7 Å². The molecule has 20 heavy (non-hydrogen) atoms. The summed E-state index contributed by atoms with van der Waals surface area (Å²) in [5.74, 6) is 0.885. The van der Waals surface area contributed by atoms with Gasteiger partial charge in [-0.3, -0.25) is 0 Å². The fraction of sp³-hybridized carbons (Fsp3) is 0.154. The molecule has 1 N–H and O–H groups in total. The van der Waals surface area contributed by atoms with Gasteiger partial charge in [0.05, 0.1) is 10.9 Å². The minimum atomic E-state index is -0.278. The average molecular weight is 307 g/mol. The summed E-state index contributed by atoms with van der Waals surface area (Å²) in [5, 5.41) is 14.4. The molecule has 2 aromatic heterocycles. The topological polar surface area (TPSA) is 63.3 Å². The van der Waals surface area contributed by atoms with Gasteiger partial charge in [0.2, 0.25) is 5.88 Å². The maximum atomic E-state index is 9.97. The first kappa shape index (κ1) is 13.2. The van der Waals surface area contributed by atoms with Crippen molar-refractivity contribution in [2.24, 2.45) is 0 Å². The lowest BCUT2D eigenvalue weighted by atomic mass is 10.1. The maximum Gasteiger partial charge on any atom is 0.255 e. The lowest BCUT2D eigenvalue weighted by molar-refractivity contribution is 0.433. The number of aromatic hydroxyl groups is 1. The van der Waals surface area contributed by atoms with Crippen LogP contribution in [0.15, 0.2) is 30.3 Å². The predicted molar refractivity (Wildman–Crippen MR) is 79.5 cm³/mol. The molecule has 0 amide bonds. The van der Waals surface area contributed by atoms with Crippen molar-refractivity contribution in [2.75, 3.05) is 0 Å². The van der Waals surface area contributed by atoms with Gasteiger partial charge >= 0.3 is 0 Å². The number of hydrogen-bond acceptors (Lipinski definition) is 5. The van der Waals surface area contributed by atoms with Crippen molar-refractivity contribution < 1.29 is 5.11 Å². The number of benzene rings is 1. The van der Waals surface area contributed by atoms with Crippen molar-refractivity contribution in [1.29, 1.82) is 0 Å². The first-order valence-corrected chi connectivity index (χ1v) is 6.81. The van der Waals surface area contributed by atoms with Gasteiger partial charge < -0.3 is 5.11 Å². The fourth-order valence-electron chi connectivity index (χ4n) is 1.93. The molecule has 0 aliphatic heterocycles. The molecule has 0 spiro atoms. The van der Waals surface area contributed by atoms with Crippen LogP contribution in [0.2, 0.25) is 5.02 Å². The van der Waals surface area contributed by atoms with E-state index in [0.29, 0.717) is 22.3 Å². The molecular formula is C13H11ClN4OS. The number of rotatable bonds is 2. The summed E-state index contributed by atoms with van der Waals surface area (Å²) in [7, 11) is 0. The summed E-state index contributed by atoms with van der Waals surface area (Å²) in [4.78, 5) is 8.53. The van der Waals surface area contributed by atoms with E-state index in [1.54, 1.807) is 19.1 Å². The third kappa shape index (κ3) is 2.32. The number of hydrogen-bond donors (Lipinski definition) is 2. The number of fused-ring (bicyclic) bond motifs is 1. The Labute approximate surface area is 125 Å². The van der Waals surface area contributed by atoms with E-state index in [-0.39, 0.29) is 11.1 Å². The van der Waals surface area contributed by atoms with E-state index in [9.17, 15) is 5.11 Å². The Kier molecular flexibility index (Phi) is 3.27. The van der Waals surface area contributed by atoms with Crippen LogP contribution in [0.5, 0.6) is 5.88 Å². The highest BCUT2D eigenvalue weighted by Gasteiger charge is 2.15. The molecule has 0 aliphatic carbocycles. The zero-order valence-electron chi connectivity index (χ0n) is 10.5. The second-order valence-electron chi connectivity index (χ2n) is 4.36. The van der Waals surface area contributed by atoms with Crippen molar-refractivity contribution >= 4 is 30.0 Å².